The Labute approximate surface area is 192 Å². The van der Waals surface area contributed by atoms with E-state index in [0.29, 0.717) is 13.1 Å². The molecule has 32 heavy (non-hydrogen) atoms. The van der Waals surface area contributed by atoms with Crippen LogP contribution in [0.4, 0.5) is 0 Å². The molecule has 1 saturated heterocycles. The van der Waals surface area contributed by atoms with Crippen LogP contribution in [0.5, 0.6) is 0 Å². The van der Waals surface area contributed by atoms with Gasteiger partial charge >= 0.3 is 0 Å². The summed E-state index contributed by atoms with van der Waals surface area (Å²) in [7, 11) is 0. The molecule has 1 aliphatic heterocycles. The van der Waals surface area contributed by atoms with E-state index in [1.54, 1.807) is 6.26 Å². The molecule has 0 amide bonds. The number of hydrogen-bond donors (Lipinski definition) is 1. The van der Waals surface area contributed by atoms with Crippen LogP contribution in [-0.2, 0) is 13.1 Å². The van der Waals surface area contributed by atoms with E-state index in [1.807, 2.05) is 55.0 Å². The number of nitrogens with one attached hydrogen (secondary N) is 1. The molecule has 0 aromatic carbocycles. The highest BCUT2D eigenvalue weighted by Crippen LogP contribution is 2.41. The van der Waals surface area contributed by atoms with Crippen LogP contribution < -0.4 is 5.32 Å². The van der Waals surface area contributed by atoms with E-state index < -0.39 is 0 Å². The summed E-state index contributed by atoms with van der Waals surface area (Å²) in [5.41, 5.74) is 5.78. The Kier molecular flexibility index (Phi) is 5.49. The third-order valence-corrected chi connectivity index (χ3v) is 6.48. The minimum atomic E-state index is -0.0388. The van der Waals surface area contributed by atoms with Gasteiger partial charge in [0.15, 0.2) is 5.11 Å². The molecule has 7 heteroatoms. The quantitative estimate of drug-likeness (QED) is 0.436. The minimum absolute atomic E-state index is 0.0158. The number of thiocarbonyl (C=S) groups is 1. The van der Waals surface area contributed by atoms with Crippen molar-refractivity contribution in [2.24, 2.45) is 0 Å². The van der Waals surface area contributed by atoms with Crippen molar-refractivity contribution in [2.75, 3.05) is 0 Å². The molecule has 0 saturated carbocycles. The predicted molar refractivity (Wildman–Crippen MR) is 127 cm³/mol. The fraction of sp³-hybridized carbons (Fsp3) is 0.240. The second kappa shape index (κ2) is 8.59. The van der Waals surface area contributed by atoms with E-state index in [9.17, 15) is 0 Å². The molecule has 2 atom stereocenters. The second-order valence-electron chi connectivity index (χ2n) is 8.10. The molecule has 162 valence electrons. The highest BCUT2D eigenvalue weighted by molar-refractivity contribution is 7.80. The lowest BCUT2D eigenvalue weighted by Crippen LogP contribution is -2.29. The predicted octanol–water partition coefficient (Wildman–Crippen LogP) is 4.71. The van der Waals surface area contributed by atoms with Crippen molar-refractivity contribution in [3.8, 4) is 0 Å². The largest absolute Gasteiger partial charge is 0.467 e. The topological polar surface area (TPSA) is 59.1 Å². The summed E-state index contributed by atoms with van der Waals surface area (Å²) in [5.74, 6) is 0.938. The van der Waals surface area contributed by atoms with Crippen LogP contribution >= 0.6 is 12.2 Å². The van der Waals surface area contributed by atoms with Crippen molar-refractivity contribution >= 4 is 17.3 Å². The van der Waals surface area contributed by atoms with Gasteiger partial charge in [-0.1, -0.05) is 6.07 Å². The van der Waals surface area contributed by atoms with Crippen molar-refractivity contribution in [3.63, 3.8) is 0 Å². The highest BCUT2D eigenvalue weighted by atomic mass is 32.1. The Morgan fingerprint density at radius 1 is 1.03 bits per heavy atom. The fourth-order valence-corrected chi connectivity index (χ4v) is 4.83. The molecule has 0 unspecified atom stereocenters. The van der Waals surface area contributed by atoms with Crippen LogP contribution in [0.15, 0.2) is 77.8 Å². The Balaban J connectivity index is 1.57. The summed E-state index contributed by atoms with van der Waals surface area (Å²) in [4.78, 5) is 11.1. The lowest BCUT2D eigenvalue weighted by atomic mass is 9.96. The minimum Gasteiger partial charge on any atom is -0.467 e. The van der Waals surface area contributed by atoms with Gasteiger partial charge in [-0.15, -0.1) is 0 Å². The molecular formula is C25H25N5OS. The van der Waals surface area contributed by atoms with Crippen molar-refractivity contribution in [2.45, 2.75) is 39.0 Å². The molecule has 1 aliphatic rings. The molecule has 1 fully saturated rings. The van der Waals surface area contributed by atoms with Gasteiger partial charge in [-0.2, -0.15) is 0 Å². The normalized spacial score (nSPS) is 18.2. The van der Waals surface area contributed by atoms with Gasteiger partial charge in [0.2, 0.25) is 0 Å². The first kappa shape index (κ1) is 20.5. The number of rotatable bonds is 6. The van der Waals surface area contributed by atoms with E-state index >= 15 is 0 Å². The Morgan fingerprint density at radius 2 is 1.88 bits per heavy atom. The number of aromatic nitrogens is 3. The van der Waals surface area contributed by atoms with Crippen molar-refractivity contribution in [1.82, 2.24) is 24.8 Å². The number of aryl methyl sites for hydroxylation is 1. The van der Waals surface area contributed by atoms with E-state index in [2.05, 4.69) is 50.7 Å². The van der Waals surface area contributed by atoms with Gasteiger partial charge in [-0.25, -0.2) is 0 Å². The summed E-state index contributed by atoms with van der Waals surface area (Å²) in [5, 5.41) is 4.28. The van der Waals surface area contributed by atoms with Crippen molar-refractivity contribution in [3.05, 3.63) is 107 Å². The van der Waals surface area contributed by atoms with E-state index in [4.69, 9.17) is 16.6 Å². The first-order valence-corrected chi connectivity index (χ1v) is 11.1. The molecule has 0 bridgehead atoms. The SMILES string of the molecule is Cc1cc([C@@H]2[C@@H](c3ccccn3)NC(=S)N2Cc2ccncc2)c(C)n1Cc1ccco1. The number of pyridine rings is 2. The zero-order valence-corrected chi connectivity index (χ0v) is 18.9. The molecule has 0 aliphatic carbocycles. The fourth-order valence-electron chi connectivity index (χ4n) is 4.53. The molecule has 5 rings (SSSR count). The van der Waals surface area contributed by atoms with Crippen LogP contribution in [0.1, 0.15) is 46.1 Å². The number of hydrogen-bond acceptors (Lipinski definition) is 4. The van der Waals surface area contributed by atoms with Crippen LogP contribution in [0.2, 0.25) is 0 Å². The number of furan rings is 1. The highest BCUT2D eigenvalue weighted by Gasteiger charge is 2.41. The molecule has 0 radical (unpaired) electrons. The molecule has 0 spiro atoms. The lowest BCUT2D eigenvalue weighted by molar-refractivity contribution is 0.309. The third-order valence-electron chi connectivity index (χ3n) is 6.13. The number of nitrogens with zero attached hydrogens (tertiary/aromatic N) is 4. The second-order valence-corrected chi connectivity index (χ2v) is 8.49. The molecule has 4 aromatic heterocycles. The molecule has 4 aromatic rings. The summed E-state index contributed by atoms with van der Waals surface area (Å²) in [6.07, 6.45) is 7.20. The summed E-state index contributed by atoms with van der Waals surface area (Å²) in [6, 6.07) is 16.3. The Hall–Kier alpha value is -3.45. The van der Waals surface area contributed by atoms with Gasteiger partial charge in [-0.3, -0.25) is 9.97 Å². The van der Waals surface area contributed by atoms with E-state index in [0.717, 1.165) is 16.6 Å². The maximum Gasteiger partial charge on any atom is 0.170 e. The molecular weight excluding hydrogens is 418 g/mol. The van der Waals surface area contributed by atoms with Crippen molar-refractivity contribution in [1.29, 1.82) is 0 Å². The molecule has 6 nitrogen and oxygen atoms in total. The summed E-state index contributed by atoms with van der Waals surface area (Å²) in [6.45, 7) is 5.72. The van der Waals surface area contributed by atoms with Gasteiger partial charge in [-0.05, 0) is 79.7 Å². The smallest absolute Gasteiger partial charge is 0.170 e. The van der Waals surface area contributed by atoms with Crippen LogP contribution in [-0.4, -0.2) is 24.5 Å². The summed E-state index contributed by atoms with van der Waals surface area (Å²) < 4.78 is 7.91. The van der Waals surface area contributed by atoms with Crippen molar-refractivity contribution < 1.29 is 4.42 Å². The third kappa shape index (κ3) is 3.80. The van der Waals surface area contributed by atoms with Gasteiger partial charge < -0.3 is 19.2 Å². The van der Waals surface area contributed by atoms with Gasteiger partial charge in [0.25, 0.3) is 0 Å². The zero-order valence-electron chi connectivity index (χ0n) is 18.1. The monoisotopic (exact) mass is 443 g/mol. The van der Waals surface area contributed by atoms with E-state index in [-0.39, 0.29) is 12.1 Å². The maximum atomic E-state index is 5.82. The Morgan fingerprint density at radius 3 is 2.59 bits per heavy atom. The molecule has 1 N–H and O–H groups in total. The Bertz CT molecular complexity index is 1200. The lowest BCUT2D eigenvalue weighted by Gasteiger charge is -2.28. The average molecular weight is 444 g/mol. The van der Waals surface area contributed by atoms with E-state index in [1.165, 1.54) is 22.5 Å². The molecule has 5 heterocycles. The van der Waals surface area contributed by atoms with Crippen LogP contribution in [0.25, 0.3) is 0 Å². The summed E-state index contributed by atoms with van der Waals surface area (Å²) >= 11 is 5.82. The zero-order chi connectivity index (χ0) is 22.1. The van der Waals surface area contributed by atoms with Gasteiger partial charge in [0.05, 0.1) is 30.6 Å². The standard InChI is InChI=1S/C25H25N5OS/c1-17-14-21(18(2)29(17)16-20-6-5-13-31-20)24-23(22-7-3-4-10-27-22)28-25(32)30(24)15-19-8-11-26-12-9-19/h3-14,23-24H,15-16H2,1-2H3,(H,28,32)/t23-,24-/m1/s1. The van der Waals surface area contributed by atoms with Gasteiger partial charge in [0, 0.05) is 36.5 Å². The van der Waals surface area contributed by atoms with Crippen LogP contribution in [0, 0.1) is 13.8 Å². The average Bonchev–Trinajstić information content (AvgIpc) is 3.51. The maximum absolute atomic E-state index is 5.82. The first-order valence-electron chi connectivity index (χ1n) is 10.7. The van der Waals surface area contributed by atoms with Crippen LogP contribution in [0.3, 0.4) is 0 Å². The van der Waals surface area contributed by atoms with Gasteiger partial charge in [0.1, 0.15) is 5.76 Å². The first-order chi connectivity index (χ1) is 15.6.